The van der Waals surface area contributed by atoms with E-state index in [1.165, 1.54) is 0 Å². The minimum Gasteiger partial charge on any atom is -0.449 e. The first-order valence-corrected chi connectivity index (χ1v) is 10.1. The van der Waals surface area contributed by atoms with Crippen LogP contribution in [0.1, 0.15) is 27.6 Å². The zero-order valence-electron chi connectivity index (χ0n) is 16.7. The predicted molar refractivity (Wildman–Crippen MR) is 120 cm³/mol. The van der Waals surface area contributed by atoms with Crippen LogP contribution < -0.4 is 0 Å². The maximum absolute atomic E-state index is 13.5. The van der Waals surface area contributed by atoms with Crippen LogP contribution >= 0.6 is 0 Å². The second-order valence-corrected chi connectivity index (χ2v) is 7.43. The molecule has 5 nitrogen and oxygen atoms in total. The number of fused-ring (bicyclic) bond motifs is 2. The van der Waals surface area contributed by atoms with Crippen LogP contribution in [0.3, 0.4) is 0 Å². The zero-order chi connectivity index (χ0) is 21.2. The normalized spacial score (nSPS) is 12.1. The summed E-state index contributed by atoms with van der Waals surface area (Å²) in [6.07, 6.45) is 2.55. The third-order valence-corrected chi connectivity index (χ3v) is 5.45. The number of rotatable bonds is 6. The minimum absolute atomic E-state index is 0.0779. The summed E-state index contributed by atoms with van der Waals surface area (Å²) in [4.78, 5) is 32.6. The molecule has 0 aliphatic carbocycles. The summed E-state index contributed by atoms with van der Waals surface area (Å²) in [6, 6.07) is 24.5. The Morgan fingerprint density at radius 2 is 1.35 bits per heavy atom. The first-order chi connectivity index (χ1) is 15.2. The van der Waals surface area contributed by atoms with Crippen LogP contribution in [-0.2, 0) is 16.0 Å². The summed E-state index contributed by atoms with van der Waals surface area (Å²) < 4.78 is 5.78. The first-order valence-electron chi connectivity index (χ1n) is 10.1. The van der Waals surface area contributed by atoms with Gasteiger partial charge in [-0.15, -0.1) is 0 Å². The van der Waals surface area contributed by atoms with Crippen molar-refractivity contribution in [2.75, 3.05) is 0 Å². The Bertz CT molecular complexity index is 1380. The molecule has 2 aromatic heterocycles. The summed E-state index contributed by atoms with van der Waals surface area (Å²) >= 11 is 0. The molecule has 0 aliphatic rings. The third-order valence-electron chi connectivity index (χ3n) is 5.45. The number of carbonyl (C=O) groups excluding carboxylic acids is 2. The highest BCUT2D eigenvalue weighted by Crippen LogP contribution is 2.28. The summed E-state index contributed by atoms with van der Waals surface area (Å²) in [6.45, 7) is 0. The van der Waals surface area contributed by atoms with Crippen molar-refractivity contribution < 1.29 is 14.3 Å². The van der Waals surface area contributed by atoms with Gasteiger partial charge in [0.2, 0.25) is 5.78 Å². The smallest absolute Gasteiger partial charge is 0.311 e. The molecule has 0 fully saturated rings. The van der Waals surface area contributed by atoms with Gasteiger partial charge in [0.05, 0.1) is 6.42 Å². The number of esters is 1. The fraction of sp³-hybridized carbons (Fsp3) is 0.0769. The van der Waals surface area contributed by atoms with Gasteiger partial charge in [-0.2, -0.15) is 0 Å². The highest BCUT2D eigenvalue weighted by atomic mass is 16.5. The van der Waals surface area contributed by atoms with Gasteiger partial charge in [-0.25, -0.2) is 0 Å². The average Bonchev–Trinajstić information content (AvgIpc) is 3.42. The van der Waals surface area contributed by atoms with Crippen molar-refractivity contribution in [3.8, 4) is 0 Å². The standard InChI is InChI=1S/C26H20N2O3/c29-24(14-18-15-27-22-12-6-4-10-19(18)22)31-26(17-8-2-1-3-9-17)25(30)21-16-28-23-13-7-5-11-20(21)23/h1-13,15-16,26-28H,14H2/t26-/m0/s1. The van der Waals surface area contributed by atoms with Gasteiger partial charge in [0.25, 0.3) is 0 Å². The summed E-state index contributed by atoms with van der Waals surface area (Å²) in [5, 5.41) is 1.78. The molecule has 152 valence electrons. The third kappa shape index (κ3) is 3.62. The molecule has 5 rings (SSSR count). The summed E-state index contributed by atoms with van der Waals surface area (Å²) in [7, 11) is 0. The van der Waals surface area contributed by atoms with Crippen molar-refractivity contribution in [3.05, 3.63) is 108 Å². The van der Waals surface area contributed by atoms with Crippen LogP contribution in [-0.4, -0.2) is 21.7 Å². The molecule has 5 heteroatoms. The molecule has 0 amide bonds. The van der Waals surface area contributed by atoms with Gasteiger partial charge < -0.3 is 14.7 Å². The quantitative estimate of drug-likeness (QED) is 0.293. The molecular weight excluding hydrogens is 388 g/mol. The number of nitrogens with one attached hydrogen (secondary N) is 2. The van der Waals surface area contributed by atoms with E-state index in [-0.39, 0.29) is 12.2 Å². The van der Waals surface area contributed by atoms with Crippen molar-refractivity contribution >= 4 is 33.6 Å². The highest BCUT2D eigenvalue weighted by molar-refractivity contribution is 6.10. The number of carbonyl (C=O) groups is 2. The lowest BCUT2D eigenvalue weighted by Gasteiger charge is -2.17. The largest absolute Gasteiger partial charge is 0.449 e. The van der Waals surface area contributed by atoms with Gasteiger partial charge >= 0.3 is 5.97 Å². The highest BCUT2D eigenvalue weighted by Gasteiger charge is 2.28. The summed E-state index contributed by atoms with van der Waals surface area (Å²) in [5.41, 5.74) is 3.81. The topological polar surface area (TPSA) is 75.0 Å². The maximum Gasteiger partial charge on any atom is 0.311 e. The average molecular weight is 408 g/mol. The molecule has 5 aromatic rings. The van der Waals surface area contributed by atoms with E-state index >= 15 is 0 Å². The van der Waals surface area contributed by atoms with E-state index in [1.54, 1.807) is 18.3 Å². The van der Waals surface area contributed by atoms with E-state index in [9.17, 15) is 9.59 Å². The molecule has 0 spiro atoms. The Balaban J connectivity index is 1.45. The lowest BCUT2D eigenvalue weighted by Crippen LogP contribution is -2.21. The number of para-hydroxylation sites is 2. The zero-order valence-corrected chi connectivity index (χ0v) is 16.7. The Morgan fingerprint density at radius 3 is 2.13 bits per heavy atom. The van der Waals surface area contributed by atoms with Gasteiger partial charge in [-0.3, -0.25) is 9.59 Å². The molecular formula is C26H20N2O3. The molecule has 0 saturated carbocycles. The van der Waals surface area contributed by atoms with Crippen LogP contribution in [0.15, 0.2) is 91.3 Å². The Morgan fingerprint density at radius 1 is 0.742 bits per heavy atom. The molecule has 2 heterocycles. The monoisotopic (exact) mass is 408 g/mol. The lowest BCUT2D eigenvalue weighted by molar-refractivity contribution is -0.146. The molecule has 31 heavy (non-hydrogen) atoms. The van der Waals surface area contributed by atoms with Gasteiger partial charge in [0, 0.05) is 45.3 Å². The first kappa shape index (κ1) is 18.9. The number of ether oxygens (including phenoxy) is 1. The van der Waals surface area contributed by atoms with Crippen LogP contribution in [0.25, 0.3) is 21.8 Å². The number of aromatic nitrogens is 2. The molecule has 3 aromatic carbocycles. The predicted octanol–water partition coefficient (Wildman–Crippen LogP) is 5.36. The molecule has 0 saturated heterocycles. The Labute approximate surface area is 178 Å². The van der Waals surface area contributed by atoms with E-state index < -0.39 is 12.1 Å². The molecule has 0 unspecified atom stereocenters. The Hall–Kier alpha value is -4.12. The van der Waals surface area contributed by atoms with Gasteiger partial charge in [0.15, 0.2) is 6.10 Å². The van der Waals surface area contributed by atoms with Crippen LogP contribution in [0, 0.1) is 0 Å². The van der Waals surface area contributed by atoms with E-state index in [1.807, 2.05) is 72.9 Å². The number of ketones is 1. The fourth-order valence-corrected chi connectivity index (χ4v) is 3.92. The van der Waals surface area contributed by atoms with Gasteiger partial charge in [0.1, 0.15) is 0 Å². The van der Waals surface area contributed by atoms with E-state index in [0.717, 1.165) is 27.4 Å². The van der Waals surface area contributed by atoms with E-state index in [4.69, 9.17) is 4.74 Å². The van der Waals surface area contributed by atoms with Crippen molar-refractivity contribution in [2.24, 2.45) is 0 Å². The lowest BCUT2D eigenvalue weighted by atomic mass is 9.99. The van der Waals surface area contributed by atoms with Crippen molar-refractivity contribution in [1.29, 1.82) is 0 Å². The maximum atomic E-state index is 13.5. The second kappa shape index (κ2) is 7.95. The second-order valence-electron chi connectivity index (χ2n) is 7.43. The van der Waals surface area contributed by atoms with Crippen molar-refractivity contribution in [1.82, 2.24) is 9.97 Å². The minimum atomic E-state index is -1.02. The van der Waals surface area contributed by atoms with Crippen LogP contribution in [0.2, 0.25) is 0 Å². The van der Waals surface area contributed by atoms with E-state index in [2.05, 4.69) is 9.97 Å². The summed E-state index contributed by atoms with van der Waals surface area (Å²) in [5.74, 6) is -0.706. The fourth-order valence-electron chi connectivity index (χ4n) is 3.92. The molecule has 2 N–H and O–H groups in total. The molecule has 0 bridgehead atoms. The number of aromatic amines is 2. The molecule has 0 aliphatic heterocycles. The van der Waals surface area contributed by atoms with Crippen LogP contribution in [0.5, 0.6) is 0 Å². The SMILES string of the molecule is O=C(Cc1c[nH]c2ccccc12)O[C@H](C(=O)c1c[nH]c2ccccc12)c1ccccc1. The van der Waals surface area contributed by atoms with Crippen LogP contribution in [0.4, 0.5) is 0 Å². The number of H-pyrrole nitrogens is 2. The Kier molecular flexibility index (Phi) is 4.84. The number of benzene rings is 3. The number of hydrogen-bond donors (Lipinski definition) is 2. The van der Waals surface area contributed by atoms with Crippen molar-refractivity contribution in [2.45, 2.75) is 12.5 Å². The van der Waals surface area contributed by atoms with Crippen molar-refractivity contribution in [3.63, 3.8) is 0 Å². The van der Waals surface area contributed by atoms with E-state index in [0.29, 0.717) is 11.1 Å². The van der Waals surface area contributed by atoms with Gasteiger partial charge in [-0.1, -0.05) is 66.7 Å². The molecule has 1 atom stereocenters. The van der Waals surface area contributed by atoms with Gasteiger partial charge in [-0.05, 0) is 17.7 Å². The molecule has 0 radical (unpaired) electrons. The number of Topliss-reactive ketones (excluding diaryl/α,β-unsaturated/α-hetero) is 1. The number of hydrogen-bond acceptors (Lipinski definition) is 3.